The fourth-order valence-electron chi connectivity index (χ4n) is 2.85. The molecule has 102 valence electrons. The molecule has 1 aromatic carbocycles. The molecule has 1 saturated carbocycles. The lowest BCUT2D eigenvalue weighted by molar-refractivity contribution is 0.378. The molecule has 1 aromatic rings. The van der Waals surface area contributed by atoms with E-state index in [1.165, 1.54) is 5.69 Å². The highest BCUT2D eigenvalue weighted by atomic mass is 79.9. The number of hydrogen-bond donors (Lipinski definition) is 1. The summed E-state index contributed by atoms with van der Waals surface area (Å²) >= 11 is 3.59. The molecular formula is C15H20BrN3. The molecule has 0 aliphatic heterocycles. The Morgan fingerprint density at radius 1 is 1.37 bits per heavy atom. The second kappa shape index (κ2) is 6.40. The molecule has 19 heavy (non-hydrogen) atoms. The van der Waals surface area contributed by atoms with Crippen LogP contribution in [0.3, 0.4) is 0 Å². The van der Waals surface area contributed by atoms with Gasteiger partial charge in [0.25, 0.3) is 0 Å². The second-order valence-electron chi connectivity index (χ2n) is 5.13. The third-order valence-electron chi connectivity index (χ3n) is 3.91. The highest BCUT2D eigenvalue weighted by Gasteiger charge is 2.24. The Labute approximate surface area is 123 Å². The fraction of sp³-hybridized carbons (Fsp3) is 0.533. The zero-order valence-electron chi connectivity index (χ0n) is 11.3. The molecule has 3 nitrogen and oxygen atoms in total. The average molecular weight is 322 g/mol. The van der Waals surface area contributed by atoms with Gasteiger partial charge in [0.1, 0.15) is 0 Å². The molecule has 0 spiro atoms. The van der Waals surface area contributed by atoms with Crippen LogP contribution in [-0.2, 0) is 0 Å². The summed E-state index contributed by atoms with van der Waals surface area (Å²) in [5.74, 6) is 0. The average Bonchev–Trinajstić information content (AvgIpc) is 2.43. The molecule has 1 aliphatic rings. The molecule has 0 saturated heterocycles. The second-order valence-corrected chi connectivity index (χ2v) is 5.99. The van der Waals surface area contributed by atoms with Gasteiger partial charge in [-0.05, 0) is 66.7 Å². The van der Waals surface area contributed by atoms with Gasteiger partial charge in [-0.1, -0.05) is 0 Å². The Kier molecular flexibility index (Phi) is 4.84. The monoisotopic (exact) mass is 321 g/mol. The van der Waals surface area contributed by atoms with Crippen molar-refractivity contribution >= 4 is 21.6 Å². The smallest absolute Gasteiger partial charge is 0.0992 e. The van der Waals surface area contributed by atoms with Crippen molar-refractivity contribution in [2.75, 3.05) is 11.4 Å². The summed E-state index contributed by atoms with van der Waals surface area (Å²) in [6, 6.07) is 8.93. The van der Waals surface area contributed by atoms with Crippen LogP contribution in [0, 0.1) is 11.3 Å². The molecule has 0 aromatic heterocycles. The molecule has 0 radical (unpaired) electrons. The summed E-state index contributed by atoms with van der Waals surface area (Å²) in [4.78, 5) is 2.43. The van der Waals surface area contributed by atoms with Gasteiger partial charge in [-0.15, -0.1) is 0 Å². The van der Waals surface area contributed by atoms with Crippen molar-refractivity contribution in [1.82, 2.24) is 0 Å². The number of nitrogens with two attached hydrogens (primary N) is 1. The number of hydrogen-bond acceptors (Lipinski definition) is 3. The summed E-state index contributed by atoms with van der Waals surface area (Å²) in [6.45, 7) is 3.16. The molecule has 4 heteroatoms. The van der Waals surface area contributed by atoms with Gasteiger partial charge < -0.3 is 10.6 Å². The van der Waals surface area contributed by atoms with Crippen LogP contribution >= 0.6 is 15.9 Å². The highest BCUT2D eigenvalue weighted by Crippen LogP contribution is 2.32. The predicted octanol–water partition coefficient (Wildman–Crippen LogP) is 3.42. The third kappa shape index (κ3) is 3.29. The zero-order chi connectivity index (χ0) is 13.8. The van der Waals surface area contributed by atoms with Crippen LogP contribution in [0.15, 0.2) is 22.7 Å². The van der Waals surface area contributed by atoms with E-state index in [9.17, 15) is 0 Å². The SMILES string of the molecule is CCN(c1ccc(C#N)cc1Br)C1CCC(N)CC1. The van der Waals surface area contributed by atoms with Gasteiger partial charge in [0, 0.05) is 23.1 Å². The maximum absolute atomic E-state index is 8.93. The fourth-order valence-corrected chi connectivity index (χ4v) is 3.45. The van der Waals surface area contributed by atoms with Crippen molar-refractivity contribution in [2.45, 2.75) is 44.7 Å². The minimum atomic E-state index is 0.374. The maximum atomic E-state index is 8.93. The summed E-state index contributed by atoms with van der Waals surface area (Å²) < 4.78 is 1.00. The van der Waals surface area contributed by atoms with Crippen LogP contribution in [0.1, 0.15) is 38.2 Å². The minimum Gasteiger partial charge on any atom is -0.368 e. The van der Waals surface area contributed by atoms with E-state index in [2.05, 4.69) is 33.8 Å². The first-order chi connectivity index (χ1) is 9.15. The number of benzene rings is 1. The Hall–Kier alpha value is -1.05. The number of halogens is 1. The zero-order valence-corrected chi connectivity index (χ0v) is 12.9. The molecule has 1 aliphatic carbocycles. The number of nitrogens with zero attached hydrogens (tertiary/aromatic N) is 2. The lowest BCUT2D eigenvalue weighted by atomic mass is 9.90. The van der Waals surface area contributed by atoms with Crippen LogP contribution in [-0.4, -0.2) is 18.6 Å². The van der Waals surface area contributed by atoms with Gasteiger partial charge >= 0.3 is 0 Å². The normalized spacial score (nSPS) is 22.8. The van der Waals surface area contributed by atoms with Crippen molar-refractivity contribution < 1.29 is 0 Å². The van der Waals surface area contributed by atoms with Crippen molar-refractivity contribution in [2.24, 2.45) is 5.73 Å². The first-order valence-electron chi connectivity index (χ1n) is 6.87. The topological polar surface area (TPSA) is 53.0 Å². The molecule has 0 bridgehead atoms. The molecule has 0 heterocycles. The molecule has 2 N–H and O–H groups in total. The van der Waals surface area contributed by atoms with Crippen molar-refractivity contribution in [3.63, 3.8) is 0 Å². The molecule has 0 amide bonds. The van der Waals surface area contributed by atoms with Crippen molar-refractivity contribution in [3.05, 3.63) is 28.2 Å². The van der Waals surface area contributed by atoms with E-state index in [0.29, 0.717) is 17.6 Å². The van der Waals surface area contributed by atoms with Crippen LogP contribution in [0.25, 0.3) is 0 Å². The van der Waals surface area contributed by atoms with E-state index < -0.39 is 0 Å². The van der Waals surface area contributed by atoms with E-state index in [0.717, 1.165) is 36.7 Å². The van der Waals surface area contributed by atoms with Gasteiger partial charge in [0.2, 0.25) is 0 Å². The van der Waals surface area contributed by atoms with Crippen molar-refractivity contribution in [1.29, 1.82) is 5.26 Å². The Morgan fingerprint density at radius 3 is 2.58 bits per heavy atom. The van der Waals surface area contributed by atoms with Gasteiger partial charge in [0.05, 0.1) is 17.3 Å². The van der Waals surface area contributed by atoms with Crippen LogP contribution in [0.2, 0.25) is 0 Å². The Balaban J connectivity index is 2.20. The van der Waals surface area contributed by atoms with E-state index >= 15 is 0 Å². The van der Waals surface area contributed by atoms with Crippen LogP contribution in [0.4, 0.5) is 5.69 Å². The molecule has 0 atom stereocenters. The van der Waals surface area contributed by atoms with Crippen LogP contribution in [0.5, 0.6) is 0 Å². The number of anilines is 1. The highest BCUT2D eigenvalue weighted by molar-refractivity contribution is 9.10. The minimum absolute atomic E-state index is 0.374. The molecular weight excluding hydrogens is 302 g/mol. The van der Waals surface area contributed by atoms with Gasteiger partial charge in [0.15, 0.2) is 0 Å². The summed E-state index contributed by atoms with van der Waals surface area (Å²) in [6.07, 6.45) is 4.52. The Morgan fingerprint density at radius 2 is 2.05 bits per heavy atom. The molecule has 1 fully saturated rings. The van der Waals surface area contributed by atoms with E-state index in [1.54, 1.807) is 0 Å². The standard InChI is InChI=1S/C15H20BrN3/c1-2-19(13-6-4-12(18)5-7-13)15-8-3-11(10-17)9-14(15)16/h3,8-9,12-13H,2,4-7,18H2,1H3. The van der Waals surface area contributed by atoms with Gasteiger partial charge in [-0.25, -0.2) is 0 Å². The summed E-state index contributed by atoms with van der Waals surface area (Å²) in [5, 5.41) is 8.93. The Bertz CT molecular complexity index is 473. The first kappa shape index (κ1) is 14.4. The summed E-state index contributed by atoms with van der Waals surface area (Å²) in [5.41, 5.74) is 7.86. The first-order valence-corrected chi connectivity index (χ1v) is 7.67. The van der Waals surface area contributed by atoms with E-state index in [-0.39, 0.29) is 0 Å². The lowest BCUT2D eigenvalue weighted by Crippen LogP contribution is -2.41. The van der Waals surface area contributed by atoms with Gasteiger partial charge in [-0.2, -0.15) is 5.26 Å². The number of nitriles is 1. The molecule has 0 unspecified atom stereocenters. The number of rotatable bonds is 3. The quantitative estimate of drug-likeness (QED) is 0.928. The third-order valence-corrected chi connectivity index (χ3v) is 4.54. The van der Waals surface area contributed by atoms with E-state index in [4.69, 9.17) is 11.0 Å². The van der Waals surface area contributed by atoms with E-state index in [1.807, 2.05) is 18.2 Å². The van der Waals surface area contributed by atoms with Crippen LogP contribution < -0.4 is 10.6 Å². The van der Waals surface area contributed by atoms with Crippen molar-refractivity contribution in [3.8, 4) is 6.07 Å². The lowest BCUT2D eigenvalue weighted by Gasteiger charge is -2.37. The summed E-state index contributed by atoms with van der Waals surface area (Å²) in [7, 11) is 0. The largest absolute Gasteiger partial charge is 0.368 e. The van der Waals surface area contributed by atoms with Gasteiger partial charge in [-0.3, -0.25) is 0 Å². The molecule has 2 rings (SSSR count). The maximum Gasteiger partial charge on any atom is 0.0992 e. The predicted molar refractivity (Wildman–Crippen MR) is 82.1 cm³/mol.